The van der Waals surface area contributed by atoms with E-state index in [9.17, 15) is 22.8 Å². The first-order valence-corrected chi connectivity index (χ1v) is 14.9. The summed E-state index contributed by atoms with van der Waals surface area (Å²) in [7, 11) is -3.93. The molecule has 0 radical (unpaired) electrons. The summed E-state index contributed by atoms with van der Waals surface area (Å²) >= 11 is 1.27. The highest BCUT2D eigenvalue weighted by atomic mass is 32.2. The van der Waals surface area contributed by atoms with Crippen LogP contribution in [0, 0.1) is 25.7 Å². The second-order valence-electron chi connectivity index (χ2n) is 9.89. The Bertz CT molecular complexity index is 1310. The topological polar surface area (TPSA) is 165 Å². The molecule has 2 aromatic heterocycles. The van der Waals surface area contributed by atoms with Crippen molar-refractivity contribution in [2.75, 3.05) is 18.5 Å². The molecule has 1 saturated carbocycles. The summed E-state index contributed by atoms with van der Waals surface area (Å²) < 4.78 is 34.6. The van der Waals surface area contributed by atoms with Gasteiger partial charge in [0.1, 0.15) is 4.90 Å². The van der Waals surface area contributed by atoms with Gasteiger partial charge in [-0.25, -0.2) is 22.9 Å². The van der Waals surface area contributed by atoms with Crippen LogP contribution in [0.25, 0.3) is 10.4 Å². The lowest BCUT2D eigenvalue weighted by Crippen LogP contribution is -2.39. The summed E-state index contributed by atoms with van der Waals surface area (Å²) in [6.07, 6.45) is 5.10. The SMILES string of the molecule is Cc1ncc(-c2sc(NC(=O)CC3CCOCC3)nc2C)cc1S(=O)(=O)N[C@H]1CC[C@H](C(=O)C(=O)O)CC1. The normalized spacial score (nSPS) is 20.7. The third kappa shape index (κ3) is 6.82. The Morgan fingerprint density at radius 1 is 1.08 bits per heavy atom. The van der Waals surface area contributed by atoms with Gasteiger partial charge in [0.25, 0.3) is 0 Å². The van der Waals surface area contributed by atoms with Gasteiger partial charge in [0.05, 0.1) is 16.3 Å². The number of anilines is 1. The smallest absolute Gasteiger partial charge is 0.372 e. The van der Waals surface area contributed by atoms with E-state index in [1.54, 1.807) is 26.1 Å². The largest absolute Gasteiger partial charge is 0.475 e. The lowest BCUT2D eigenvalue weighted by Gasteiger charge is -2.27. The number of aromatic nitrogens is 2. The molecule has 11 nitrogen and oxygen atoms in total. The number of ketones is 1. The number of nitrogens with zero attached hydrogens (tertiary/aromatic N) is 2. The number of Topliss-reactive ketones (excluding diaryl/α,β-unsaturated/α-hetero) is 1. The average molecular weight is 565 g/mol. The number of carboxylic acids is 1. The molecular formula is C25H32N4O7S2. The molecule has 0 atom stereocenters. The van der Waals surface area contributed by atoms with Gasteiger partial charge in [-0.15, -0.1) is 0 Å². The number of nitrogens with one attached hydrogen (secondary N) is 2. The Kier molecular flexibility index (Phi) is 8.91. The zero-order chi connectivity index (χ0) is 27.4. The van der Waals surface area contributed by atoms with Crippen molar-refractivity contribution in [3.8, 4) is 10.4 Å². The molecule has 1 aliphatic heterocycles. The Labute approximate surface area is 225 Å². The minimum atomic E-state index is -3.93. The second-order valence-corrected chi connectivity index (χ2v) is 12.6. The van der Waals surface area contributed by atoms with Crippen molar-refractivity contribution in [2.24, 2.45) is 11.8 Å². The molecule has 3 N–H and O–H groups in total. The van der Waals surface area contributed by atoms with Crippen LogP contribution in [0.1, 0.15) is 56.3 Å². The summed E-state index contributed by atoms with van der Waals surface area (Å²) in [5, 5.41) is 12.2. The Morgan fingerprint density at radius 2 is 1.76 bits per heavy atom. The standard InChI is InChI=1S/C25H32N4O7S2/c1-14-20(38(34,35)29-19-5-3-17(4-6-19)22(31)24(32)33)12-18(13-26-14)23-15(2)27-25(37-23)28-21(30)11-16-7-9-36-10-8-16/h12-13,16-17,19,29H,3-11H2,1-2H3,(H,32,33)(H,27,28,30)/t17-,19-. The minimum Gasteiger partial charge on any atom is -0.475 e. The molecule has 2 fully saturated rings. The van der Waals surface area contributed by atoms with Gasteiger partial charge in [0, 0.05) is 43.4 Å². The quantitative estimate of drug-likeness (QED) is 0.388. The van der Waals surface area contributed by atoms with Crippen LogP contribution >= 0.6 is 11.3 Å². The summed E-state index contributed by atoms with van der Waals surface area (Å²) in [4.78, 5) is 44.7. The lowest BCUT2D eigenvalue weighted by atomic mass is 9.84. The summed E-state index contributed by atoms with van der Waals surface area (Å²) in [5.74, 6) is -2.67. The number of hydrogen-bond donors (Lipinski definition) is 3. The van der Waals surface area contributed by atoms with Crippen LogP contribution in [-0.4, -0.2) is 60.4 Å². The molecule has 13 heteroatoms. The lowest BCUT2D eigenvalue weighted by molar-refractivity contribution is -0.151. The van der Waals surface area contributed by atoms with Crippen LogP contribution in [0.5, 0.6) is 0 Å². The van der Waals surface area contributed by atoms with Crippen LogP contribution in [0.4, 0.5) is 5.13 Å². The molecular weight excluding hydrogens is 532 g/mol. The first kappa shape index (κ1) is 28.3. The van der Waals surface area contributed by atoms with E-state index in [0.717, 1.165) is 12.8 Å². The molecule has 3 heterocycles. The maximum Gasteiger partial charge on any atom is 0.372 e. The van der Waals surface area contributed by atoms with Crippen molar-refractivity contribution in [1.82, 2.24) is 14.7 Å². The van der Waals surface area contributed by atoms with Gasteiger partial charge >= 0.3 is 5.97 Å². The molecule has 0 spiro atoms. The van der Waals surface area contributed by atoms with E-state index in [4.69, 9.17) is 9.84 Å². The Hall–Kier alpha value is -2.74. The van der Waals surface area contributed by atoms with Gasteiger partial charge in [-0.1, -0.05) is 11.3 Å². The number of pyridine rings is 1. The molecule has 1 amide bonds. The van der Waals surface area contributed by atoms with E-state index in [1.807, 2.05) is 0 Å². The fourth-order valence-electron chi connectivity index (χ4n) is 4.94. The molecule has 1 saturated heterocycles. The molecule has 38 heavy (non-hydrogen) atoms. The minimum absolute atomic E-state index is 0.0386. The number of sulfonamides is 1. The molecule has 0 aromatic carbocycles. The van der Waals surface area contributed by atoms with Crippen LogP contribution < -0.4 is 10.0 Å². The van der Waals surface area contributed by atoms with Gasteiger partial charge in [0.2, 0.25) is 21.7 Å². The number of carbonyl (C=O) groups excluding carboxylic acids is 2. The molecule has 0 unspecified atom stereocenters. The van der Waals surface area contributed by atoms with E-state index in [2.05, 4.69) is 20.0 Å². The fourth-order valence-corrected chi connectivity index (χ4v) is 7.43. The second kappa shape index (κ2) is 12.0. The van der Waals surface area contributed by atoms with Crippen LogP contribution in [-0.2, 0) is 29.1 Å². The number of aryl methyl sites for hydroxylation is 2. The van der Waals surface area contributed by atoms with Gasteiger partial charge < -0.3 is 15.2 Å². The molecule has 2 aromatic rings. The number of hydrogen-bond acceptors (Lipinski definition) is 9. The van der Waals surface area contributed by atoms with Gasteiger partial charge in [-0.3, -0.25) is 14.6 Å². The number of carbonyl (C=O) groups is 3. The third-order valence-corrected chi connectivity index (χ3v) is 9.84. The maximum atomic E-state index is 13.3. The van der Waals surface area contributed by atoms with E-state index in [-0.39, 0.29) is 10.8 Å². The number of aliphatic carboxylic acids is 1. The van der Waals surface area contributed by atoms with Crippen molar-refractivity contribution >= 4 is 44.2 Å². The predicted octanol–water partition coefficient (Wildman–Crippen LogP) is 3.07. The number of amides is 1. The molecule has 1 aliphatic carbocycles. The molecule has 206 valence electrons. The van der Waals surface area contributed by atoms with Crippen LogP contribution in [0.3, 0.4) is 0 Å². The highest BCUT2D eigenvalue weighted by molar-refractivity contribution is 7.89. The summed E-state index contributed by atoms with van der Waals surface area (Å²) in [6, 6.07) is 1.15. The monoisotopic (exact) mass is 564 g/mol. The number of carboxylic acid groups (broad SMARTS) is 1. The number of rotatable bonds is 9. The van der Waals surface area contributed by atoms with Crippen molar-refractivity contribution in [3.63, 3.8) is 0 Å². The predicted molar refractivity (Wildman–Crippen MR) is 140 cm³/mol. The van der Waals surface area contributed by atoms with Crippen molar-refractivity contribution in [1.29, 1.82) is 0 Å². The van der Waals surface area contributed by atoms with E-state index >= 15 is 0 Å². The Morgan fingerprint density at radius 3 is 2.42 bits per heavy atom. The highest BCUT2D eigenvalue weighted by Crippen LogP contribution is 2.35. The zero-order valence-corrected chi connectivity index (χ0v) is 23.0. The van der Waals surface area contributed by atoms with E-state index in [0.29, 0.717) is 78.2 Å². The van der Waals surface area contributed by atoms with E-state index in [1.165, 1.54) is 11.3 Å². The fraction of sp³-hybridized carbons (Fsp3) is 0.560. The summed E-state index contributed by atoms with van der Waals surface area (Å²) in [5.41, 5.74) is 1.56. The molecule has 0 bridgehead atoms. The number of ether oxygens (including phenoxy) is 1. The first-order chi connectivity index (χ1) is 18.0. The van der Waals surface area contributed by atoms with Gasteiger partial charge in [-0.2, -0.15) is 0 Å². The molecule has 4 rings (SSSR count). The third-order valence-electron chi connectivity index (χ3n) is 7.08. The van der Waals surface area contributed by atoms with Crippen molar-refractivity contribution < 1.29 is 32.6 Å². The molecule has 2 aliphatic rings. The van der Waals surface area contributed by atoms with Crippen molar-refractivity contribution in [2.45, 2.75) is 69.7 Å². The van der Waals surface area contributed by atoms with Crippen LogP contribution in [0.2, 0.25) is 0 Å². The number of thiazole rings is 1. The van der Waals surface area contributed by atoms with Crippen molar-refractivity contribution in [3.05, 3.63) is 23.7 Å². The zero-order valence-electron chi connectivity index (χ0n) is 21.4. The average Bonchev–Trinajstić information content (AvgIpc) is 3.24. The summed E-state index contributed by atoms with van der Waals surface area (Å²) in [6.45, 7) is 4.75. The van der Waals surface area contributed by atoms with Crippen LogP contribution in [0.15, 0.2) is 17.2 Å². The van der Waals surface area contributed by atoms with E-state index < -0.39 is 33.7 Å². The first-order valence-electron chi connectivity index (χ1n) is 12.6. The van der Waals surface area contributed by atoms with Gasteiger partial charge in [-0.05, 0) is 64.4 Å². The Balaban J connectivity index is 1.44. The van der Waals surface area contributed by atoms with Gasteiger partial charge in [0.15, 0.2) is 5.13 Å². The highest BCUT2D eigenvalue weighted by Gasteiger charge is 2.32. The maximum absolute atomic E-state index is 13.3.